The first-order valence-corrected chi connectivity index (χ1v) is 13.7. The number of hydrogen-bond donors (Lipinski definition) is 4. The lowest BCUT2D eigenvalue weighted by Crippen LogP contribution is -2.33. The molecule has 0 saturated heterocycles. The first kappa shape index (κ1) is 28.8. The van der Waals surface area contributed by atoms with E-state index in [4.69, 9.17) is 0 Å². The maximum absolute atomic E-state index is 13.1. The van der Waals surface area contributed by atoms with Crippen LogP contribution in [0.4, 0.5) is 22.7 Å². The van der Waals surface area contributed by atoms with Gasteiger partial charge in [-0.1, -0.05) is 54.6 Å². The van der Waals surface area contributed by atoms with E-state index in [0.29, 0.717) is 45.9 Å². The Labute approximate surface area is 249 Å². The molecule has 0 saturated carbocycles. The highest BCUT2D eigenvalue weighted by Crippen LogP contribution is 2.31. The number of hydrogen-bond acceptors (Lipinski definition) is 4. The number of para-hydroxylation sites is 2. The normalized spacial score (nSPS) is 15.5. The summed E-state index contributed by atoms with van der Waals surface area (Å²) in [5.74, 6) is -1.04. The van der Waals surface area contributed by atoms with E-state index in [1.807, 2.05) is 55.5 Å². The summed E-state index contributed by atoms with van der Waals surface area (Å²) in [6.07, 6.45) is 5.54. The van der Waals surface area contributed by atoms with Crippen molar-refractivity contribution >= 4 is 46.4 Å². The SMILES string of the molecule is CC1(C(=O)Nc2ccc(NC(=O)c3ccc(C(=O)Nc4ccccc4)cc3)cc2)C=CC(C(=O)Nc2ccccc2)=CC1. The van der Waals surface area contributed by atoms with Gasteiger partial charge < -0.3 is 21.3 Å². The minimum absolute atomic E-state index is 0.212. The molecule has 1 aliphatic carbocycles. The van der Waals surface area contributed by atoms with E-state index in [-0.39, 0.29) is 23.6 Å². The van der Waals surface area contributed by atoms with Gasteiger partial charge in [0.1, 0.15) is 0 Å². The monoisotopic (exact) mass is 570 g/mol. The minimum atomic E-state index is -0.826. The van der Waals surface area contributed by atoms with Crippen LogP contribution in [0, 0.1) is 5.41 Å². The second kappa shape index (κ2) is 12.8. The summed E-state index contributed by atoms with van der Waals surface area (Å²) < 4.78 is 0. The predicted octanol–water partition coefficient (Wildman–Crippen LogP) is 6.66. The Morgan fingerprint density at radius 2 is 0.953 bits per heavy atom. The second-order valence-corrected chi connectivity index (χ2v) is 10.3. The first-order valence-electron chi connectivity index (χ1n) is 13.7. The van der Waals surface area contributed by atoms with Crippen LogP contribution in [0.1, 0.15) is 34.1 Å². The Hall–Kier alpha value is -5.76. The number of rotatable bonds is 8. The second-order valence-electron chi connectivity index (χ2n) is 10.3. The van der Waals surface area contributed by atoms with Gasteiger partial charge in [0.15, 0.2) is 0 Å². The third kappa shape index (κ3) is 7.31. The molecule has 0 fully saturated rings. The summed E-state index contributed by atoms with van der Waals surface area (Å²) in [4.78, 5) is 50.9. The molecule has 4 N–H and O–H groups in total. The van der Waals surface area contributed by atoms with E-state index < -0.39 is 5.41 Å². The van der Waals surface area contributed by atoms with Gasteiger partial charge in [0.25, 0.3) is 17.7 Å². The van der Waals surface area contributed by atoms with Crippen LogP contribution in [0.5, 0.6) is 0 Å². The molecule has 4 amide bonds. The number of carbonyl (C=O) groups excluding carboxylic acids is 4. The molecule has 0 radical (unpaired) electrons. The summed E-state index contributed by atoms with van der Waals surface area (Å²) in [7, 11) is 0. The van der Waals surface area contributed by atoms with Crippen molar-refractivity contribution in [2.75, 3.05) is 21.3 Å². The predicted molar refractivity (Wildman–Crippen MR) is 169 cm³/mol. The van der Waals surface area contributed by atoms with Crippen molar-refractivity contribution in [3.8, 4) is 0 Å². The fraction of sp³-hybridized carbons (Fsp3) is 0.0857. The fourth-order valence-electron chi connectivity index (χ4n) is 4.41. The van der Waals surface area contributed by atoms with E-state index in [9.17, 15) is 19.2 Å². The summed E-state index contributed by atoms with van der Waals surface area (Å²) in [6, 6.07) is 31.5. The minimum Gasteiger partial charge on any atom is -0.325 e. The molecule has 8 heteroatoms. The van der Waals surface area contributed by atoms with Gasteiger partial charge >= 0.3 is 0 Å². The zero-order valence-corrected chi connectivity index (χ0v) is 23.5. The van der Waals surface area contributed by atoms with Crippen LogP contribution in [-0.4, -0.2) is 23.6 Å². The van der Waals surface area contributed by atoms with Crippen molar-refractivity contribution in [2.24, 2.45) is 5.41 Å². The number of amides is 4. The van der Waals surface area contributed by atoms with Gasteiger partial charge in [-0.05, 0) is 86.1 Å². The molecular formula is C35H30N4O4. The van der Waals surface area contributed by atoms with Gasteiger partial charge in [0, 0.05) is 39.4 Å². The molecule has 1 atom stereocenters. The van der Waals surface area contributed by atoms with Crippen molar-refractivity contribution in [1.82, 2.24) is 0 Å². The van der Waals surface area contributed by atoms with Gasteiger partial charge in [-0.25, -0.2) is 0 Å². The number of anilines is 4. The summed E-state index contributed by atoms with van der Waals surface area (Å²) in [5, 5.41) is 11.4. The highest BCUT2D eigenvalue weighted by molar-refractivity contribution is 6.08. The topological polar surface area (TPSA) is 116 Å². The Morgan fingerprint density at radius 1 is 0.535 bits per heavy atom. The molecule has 0 spiro atoms. The summed E-state index contributed by atoms with van der Waals surface area (Å²) >= 11 is 0. The Kier molecular flexibility index (Phi) is 8.58. The van der Waals surface area contributed by atoms with Crippen LogP contribution >= 0.6 is 0 Å². The van der Waals surface area contributed by atoms with Crippen molar-refractivity contribution in [3.05, 3.63) is 144 Å². The van der Waals surface area contributed by atoms with E-state index in [2.05, 4.69) is 21.3 Å². The van der Waals surface area contributed by atoms with Gasteiger partial charge in [0.2, 0.25) is 5.91 Å². The Balaban J connectivity index is 1.12. The average Bonchev–Trinajstić information content (AvgIpc) is 3.03. The fourth-order valence-corrected chi connectivity index (χ4v) is 4.41. The van der Waals surface area contributed by atoms with Gasteiger partial charge in [0.05, 0.1) is 5.41 Å². The van der Waals surface area contributed by atoms with Crippen LogP contribution < -0.4 is 21.3 Å². The van der Waals surface area contributed by atoms with Crippen molar-refractivity contribution < 1.29 is 19.2 Å². The molecule has 4 aromatic rings. The molecular weight excluding hydrogens is 540 g/mol. The Bertz CT molecular complexity index is 1700. The first-order chi connectivity index (χ1) is 20.8. The Morgan fingerprint density at radius 3 is 1.40 bits per heavy atom. The average molecular weight is 571 g/mol. The van der Waals surface area contributed by atoms with Crippen LogP contribution in [0.15, 0.2) is 133 Å². The molecule has 5 rings (SSSR count). The molecule has 1 aliphatic rings. The van der Waals surface area contributed by atoms with E-state index in [1.165, 1.54) is 0 Å². The standard InChI is InChI=1S/C35H30N4O4/c1-35(22-20-26(21-23-35)33(42)37-28-10-6-3-7-11-28)34(43)39-30-18-16-29(17-19-30)38-32(41)25-14-12-24(13-15-25)31(40)36-27-8-4-2-5-9-27/h2-22H,23H2,1H3,(H,36,40)(H,37,42)(H,38,41)(H,39,43). The molecule has 0 aliphatic heterocycles. The lowest BCUT2D eigenvalue weighted by molar-refractivity contribution is -0.122. The highest BCUT2D eigenvalue weighted by Gasteiger charge is 2.32. The molecule has 43 heavy (non-hydrogen) atoms. The maximum Gasteiger partial charge on any atom is 0.255 e. The summed E-state index contributed by atoms with van der Waals surface area (Å²) in [5.41, 5.74) is 3.02. The summed E-state index contributed by atoms with van der Waals surface area (Å²) in [6.45, 7) is 1.81. The number of carbonyl (C=O) groups is 4. The number of benzene rings is 4. The zero-order valence-electron chi connectivity index (χ0n) is 23.5. The lowest BCUT2D eigenvalue weighted by Gasteiger charge is -2.26. The van der Waals surface area contributed by atoms with Crippen LogP contribution in [0.2, 0.25) is 0 Å². The smallest absolute Gasteiger partial charge is 0.255 e. The highest BCUT2D eigenvalue weighted by atomic mass is 16.2. The van der Waals surface area contributed by atoms with Crippen molar-refractivity contribution in [2.45, 2.75) is 13.3 Å². The van der Waals surface area contributed by atoms with Crippen LogP contribution in [0.25, 0.3) is 0 Å². The van der Waals surface area contributed by atoms with Crippen LogP contribution in [-0.2, 0) is 9.59 Å². The third-order valence-corrected chi connectivity index (χ3v) is 7.03. The molecule has 1 unspecified atom stereocenters. The number of allylic oxidation sites excluding steroid dienone is 1. The van der Waals surface area contributed by atoms with Crippen molar-refractivity contribution in [3.63, 3.8) is 0 Å². The largest absolute Gasteiger partial charge is 0.325 e. The molecule has 0 heterocycles. The molecule has 8 nitrogen and oxygen atoms in total. The molecule has 0 aromatic heterocycles. The molecule has 0 bridgehead atoms. The third-order valence-electron chi connectivity index (χ3n) is 7.03. The van der Waals surface area contributed by atoms with Gasteiger partial charge in [-0.15, -0.1) is 0 Å². The zero-order chi connectivity index (χ0) is 30.2. The molecule has 214 valence electrons. The lowest BCUT2D eigenvalue weighted by atomic mass is 9.81. The van der Waals surface area contributed by atoms with E-state index in [0.717, 1.165) is 0 Å². The van der Waals surface area contributed by atoms with E-state index >= 15 is 0 Å². The van der Waals surface area contributed by atoms with E-state index in [1.54, 1.807) is 78.9 Å². The van der Waals surface area contributed by atoms with Gasteiger partial charge in [-0.3, -0.25) is 19.2 Å². The maximum atomic E-state index is 13.1. The van der Waals surface area contributed by atoms with Crippen LogP contribution in [0.3, 0.4) is 0 Å². The quantitative estimate of drug-likeness (QED) is 0.190. The number of nitrogens with one attached hydrogen (secondary N) is 4. The van der Waals surface area contributed by atoms with Gasteiger partial charge in [-0.2, -0.15) is 0 Å². The van der Waals surface area contributed by atoms with Crippen molar-refractivity contribution in [1.29, 1.82) is 0 Å². The molecule has 4 aromatic carbocycles.